The number of halogens is 2. The lowest BCUT2D eigenvalue weighted by Gasteiger charge is -2.21. The lowest BCUT2D eigenvalue weighted by atomic mass is 10.2. The molecule has 96 valence electrons. The van der Waals surface area contributed by atoms with Crippen molar-refractivity contribution in [2.24, 2.45) is 0 Å². The quantitative estimate of drug-likeness (QED) is 0.702. The lowest BCUT2D eigenvalue weighted by Crippen LogP contribution is -2.24. The zero-order valence-electron chi connectivity index (χ0n) is 10.4. The molecule has 0 heterocycles. The van der Waals surface area contributed by atoms with Crippen molar-refractivity contribution < 1.29 is 4.74 Å². The SMILES string of the molecule is CCN(CCCCl)Cc1cc(Cl)ccc1OC. The van der Waals surface area contributed by atoms with Crippen LogP contribution in [0, 0.1) is 0 Å². The number of alkyl halides is 1. The molecular formula is C13H19Cl2NO. The molecule has 4 heteroatoms. The van der Waals surface area contributed by atoms with Gasteiger partial charge in [0.15, 0.2) is 0 Å². The van der Waals surface area contributed by atoms with Crippen molar-refractivity contribution in [1.29, 1.82) is 0 Å². The van der Waals surface area contributed by atoms with Crippen LogP contribution in [0.25, 0.3) is 0 Å². The van der Waals surface area contributed by atoms with E-state index in [1.165, 1.54) is 0 Å². The lowest BCUT2D eigenvalue weighted by molar-refractivity contribution is 0.275. The molecule has 2 nitrogen and oxygen atoms in total. The minimum Gasteiger partial charge on any atom is -0.496 e. The first-order chi connectivity index (χ1) is 8.21. The van der Waals surface area contributed by atoms with Crippen molar-refractivity contribution in [3.8, 4) is 5.75 Å². The number of ether oxygens (including phenoxy) is 1. The van der Waals surface area contributed by atoms with Crippen LogP contribution in [0.4, 0.5) is 0 Å². The molecule has 0 fully saturated rings. The molecule has 0 bridgehead atoms. The molecule has 0 saturated heterocycles. The highest BCUT2D eigenvalue weighted by Crippen LogP contribution is 2.24. The number of rotatable bonds is 7. The molecule has 0 saturated carbocycles. The number of hydrogen-bond acceptors (Lipinski definition) is 2. The van der Waals surface area contributed by atoms with Crippen molar-refractivity contribution in [2.45, 2.75) is 19.9 Å². The standard InChI is InChI=1S/C13H19Cl2NO/c1-3-16(8-4-7-14)10-11-9-12(15)5-6-13(11)17-2/h5-6,9H,3-4,7-8,10H2,1-2H3. The van der Waals surface area contributed by atoms with Gasteiger partial charge in [-0.2, -0.15) is 0 Å². The smallest absolute Gasteiger partial charge is 0.123 e. The average molecular weight is 276 g/mol. The summed E-state index contributed by atoms with van der Waals surface area (Å²) in [6.45, 7) is 4.98. The van der Waals surface area contributed by atoms with Gasteiger partial charge in [-0.25, -0.2) is 0 Å². The van der Waals surface area contributed by atoms with E-state index in [2.05, 4.69) is 11.8 Å². The predicted octanol–water partition coefficient (Wildman–Crippen LogP) is 3.80. The van der Waals surface area contributed by atoms with Crippen LogP contribution in [-0.2, 0) is 6.54 Å². The van der Waals surface area contributed by atoms with Gasteiger partial charge in [0.05, 0.1) is 7.11 Å². The van der Waals surface area contributed by atoms with E-state index < -0.39 is 0 Å². The Bertz CT molecular complexity index is 344. The molecular weight excluding hydrogens is 257 g/mol. The van der Waals surface area contributed by atoms with Crippen LogP contribution in [-0.4, -0.2) is 31.0 Å². The third kappa shape index (κ3) is 4.74. The molecule has 0 aliphatic carbocycles. The second kappa shape index (κ2) is 7.80. The highest BCUT2D eigenvalue weighted by atomic mass is 35.5. The predicted molar refractivity (Wildman–Crippen MR) is 74.3 cm³/mol. The van der Waals surface area contributed by atoms with Gasteiger partial charge in [-0.15, -0.1) is 11.6 Å². The van der Waals surface area contributed by atoms with E-state index in [1.54, 1.807) is 7.11 Å². The molecule has 0 atom stereocenters. The summed E-state index contributed by atoms with van der Waals surface area (Å²) in [4.78, 5) is 2.33. The Morgan fingerprint density at radius 1 is 1.35 bits per heavy atom. The van der Waals surface area contributed by atoms with E-state index in [0.29, 0.717) is 5.88 Å². The van der Waals surface area contributed by atoms with Gasteiger partial charge in [0.1, 0.15) is 5.75 Å². The van der Waals surface area contributed by atoms with Crippen LogP contribution in [0.3, 0.4) is 0 Å². The first-order valence-corrected chi connectivity index (χ1v) is 6.73. The van der Waals surface area contributed by atoms with E-state index >= 15 is 0 Å². The van der Waals surface area contributed by atoms with Gasteiger partial charge in [0.2, 0.25) is 0 Å². The summed E-state index contributed by atoms with van der Waals surface area (Å²) < 4.78 is 5.34. The molecule has 1 rings (SSSR count). The van der Waals surface area contributed by atoms with E-state index in [0.717, 1.165) is 42.4 Å². The highest BCUT2D eigenvalue weighted by Gasteiger charge is 2.08. The van der Waals surface area contributed by atoms with Crippen molar-refractivity contribution in [3.63, 3.8) is 0 Å². The second-order valence-electron chi connectivity index (χ2n) is 3.87. The fraction of sp³-hybridized carbons (Fsp3) is 0.538. The maximum atomic E-state index is 6.01. The van der Waals surface area contributed by atoms with Crippen LogP contribution in [0.2, 0.25) is 5.02 Å². The molecule has 0 aliphatic heterocycles. The van der Waals surface area contributed by atoms with E-state index in [4.69, 9.17) is 27.9 Å². The van der Waals surface area contributed by atoms with Crippen molar-refractivity contribution >= 4 is 23.2 Å². The van der Waals surface area contributed by atoms with Gasteiger partial charge in [0, 0.05) is 23.0 Å². The molecule has 0 amide bonds. The van der Waals surface area contributed by atoms with Crippen molar-refractivity contribution in [1.82, 2.24) is 4.90 Å². The van der Waals surface area contributed by atoms with E-state index in [9.17, 15) is 0 Å². The van der Waals surface area contributed by atoms with E-state index in [-0.39, 0.29) is 0 Å². The summed E-state index contributed by atoms with van der Waals surface area (Å²) in [6, 6.07) is 5.72. The summed E-state index contributed by atoms with van der Waals surface area (Å²) in [7, 11) is 1.68. The summed E-state index contributed by atoms with van der Waals surface area (Å²) in [5, 5.41) is 0.745. The van der Waals surface area contributed by atoms with Crippen LogP contribution >= 0.6 is 23.2 Å². The number of methoxy groups -OCH3 is 1. The van der Waals surface area contributed by atoms with Crippen LogP contribution < -0.4 is 4.74 Å². The third-order valence-electron chi connectivity index (χ3n) is 2.69. The molecule has 17 heavy (non-hydrogen) atoms. The maximum Gasteiger partial charge on any atom is 0.123 e. The summed E-state index contributed by atoms with van der Waals surface area (Å²) >= 11 is 11.7. The number of hydrogen-bond donors (Lipinski definition) is 0. The highest BCUT2D eigenvalue weighted by molar-refractivity contribution is 6.30. The summed E-state index contributed by atoms with van der Waals surface area (Å²) in [5.74, 6) is 1.59. The Kier molecular flexibility index (Phi) is 6.71. The monoisotopic (exact) mass is 275 g/mol. The summed E-state index contributed by atoms with van der Waals surface area (Å²) in [6.07, 6.45) is 0.998. The Balaban J connectivity index is 2.73. The van der Waals surface area contributed by atoms with Gasteiger partial charge in [-0.1, -0.05) is 18.5 Å². The zero-order valence-corrected chi connectivity index (χ0v) is 11.9. The third-order valence-corrected chi connectivity index (χ3v) is 3.19. The van der Waals surface area contributed by atoms with Crippen LogP contribution in [0.5, 0.6) is 5.75 Å². The molecule has 0 spiro atoms. The Morgan fingerprint density at radius 2 is 2.12 bits per heavy atom. The van der Waals surface area contributed by atoms with Crippen molar-refractivity contribution in [3.05, 3.63) is 28.8 Å². The van der Waals surface area contributed by atoms with Crippen LogP contribution in [0.15, 0.2) is 18.2 Å². The Morgan fingerprint density at radius 3 is 2.71 bits per heavy atom. The first-order valence-electron chi connectivity index (χ1n) is 5.82. The molecule has 1 aromatic carbocycles. The molecule has 0 aliphatic rings. The zero-order chi connectivity index (χ0) is 12.7. The van der Waals surface area contributed by atoms with Gasteiger partial charge in [-0.3, -0.25) is 4.90 Å². The van der Waals surface area contributed by atoms with Gasteiger partial charge < -0.3 is 4.74 Å². The van der Waals surface area contributed by atoms with E-state index in [1.807, 2.05) is 18.2 Å². The van der Waals surface area contributed by atoms with Crippen LogP contribution in [0.1, 0.15) is 18.9 Å². The van der Waals surface area contributed by atoms with Crippen molar-refractivity contribution in [2.75, 3.05) is 26.1 Å². The fourth-order valence-electron chi connectivity index (χ4n) is 1.74. The minimum atomic E-state index is 0.698. The summed E-state index contributed by atoms with van der Waals surface area (Å²) in [5.41, 5.74) is 1.12. The second-order valence-corrected chi connectivity index (χ2v) is 4.68. The van der Waals surface area contributed by atoms with Gasteiger partial charge >= 0.3 is 0 Å². The largest absolute Gasteiger partial charge is 0.496 e. The average Bonchev–Trinajstić information content (AvgIpc) is 2.34. The minimum absolute atomic E-state index is 0.698. The fourth-order valence-corrected chi connectivity index (χ4v) is 2.06. The number of benzene rings is 1. The molecule has 0 aromatic heterocycles. The normalized spacial score (nSPS) is 10.9. The molecule has 0 radical (unpaired) electrons. The Labute approximate surface area is 113 Å². The number of nitrogens with zero attached hydrogens (tertiary/aromatic N) is 1. The molecule has 1 aromatic rings. The van der Waals surface area contributed by atoms with Gasteiger partial charge in [0.25, 0.3) is 0 Å². The maximum absolute atomic E-state index is 6.01. The Hall–Kier alpha value is -0.440. The molecule has 0 N–H and O–H groups in total. The molecule has 0 unspecified atom stereocenters. The van der Waals surface area contributed by atoms with Gasteiger partial charge in [-0.05, 0) is 37.7 Å². The topological polar surface area (TPSA) is 12.5 Å². The first kappa shape index (κ1) is 14.6.